The quantitative estimate of drug-likeness (QED) is 0.818. The third-order valence-electron chi connectivity index (χ3n) is 4.59. The lowest BCUT2D eigenvalue weighted by Crippen LogP contribution is -2.09. The Kier molecular flexibility index (Phi) is 4.40. The second-order valence-electron chi connectivity index (χ2n) is 5.61. The van der Waals surface area contributed by atoms with Gasteiger partial charge in [-0.2, -0.15) is 0 Å². The summed E-state index contributed by atoms with van der Waals surface area (Å²) in [5, 5.41) is 10.8. The Labute approximate surface area is 130 Å². The van der Waals surface area contributed by atoms with Crippen molar-refractivity contribution in [2.75, 3.05) is 0 Å². The van der Waals surface area contributed by atoms with Gasteiger partial charge in [0.15, 0.2) is 0 Å². The van der Waals surface area contributed by atoms with Crippen LogP contribution < -0.4 is 0 Å². The topological polar surface area (TPSA) is 20.2 Å². The Morgan fingerprint density at radius 2 is 1.38 bits per heavy atom. The molecule has 112 valence electrons. The van der Waals surface area contributed by atoms with Gasteiger partial charge in [0.2, 0.25) is 0 Å². The van der Waals surface area contributed by atoms with Gasteiger partial charge >= 0.3 is 0 Å². The minimum atomic E-state index is -0.852. The average molecular weight is 307 g/mol. The first-order valence-electron chi connectivity index (χ1n) is 6.95. The molecule has 21 heavy (non-hydrogen) atoms. The summed E-state index contributed by atoms with van der Waals surface area (Å²) in [5.74, 6) is -0.510. The van der Waals surface area contributed by atoms with Crippen LogP contribution in [0.3, 0.4) is 0 Å². The van der Waals surface area contributed by atoms with Crippen molar-refractivity contribution in [3.05, 3.63) is 68.0 Å². The van der Waals surface area contributed by atoms with Gasteiger partial charge in [-0.15, -0.1) is 0 Å². The fourth-order valence-corrected chi connectivity index (χ4v) is 2.91. The molecule has 0 aliphatic rings. The van der Waals surface area contributed by atoms with E-state index < -0.39 is 11.9 Å². The number of hydrogen-bond donors (Lipinski definition) is 1. The number of aliphatic hydroxyl groups is 1. The van der Waals surface area contributed by atoms with E-state index in [9.17, 15) is 9.50 Å². The van der Waals surface area contributed by atoms with Crippen LogP contribution in [0.2, 0.25) is 5.02 Å². The summed E-state index contributed by atoms with van der Waals surface area (Å²) < 4.78 is 13.6. The summed E-state index contributed by atoms with van der Waals surface area (Å²) >= 11 is 5.71. The van der Waals surface area contributed by atoms with Gasteiger partial charge in [-0.1, -0.05) is 17.7 Å². The van der Waals surface area contributed by atoms with Crippen LogP contribution in [0, 0.1) is 40.4 Å². The molecular formula is C18H20ClFO. The van der Waals surface area contributed by atoms with Gasteiger partial charge in [0, 0.05) is 0 Å². The van der Waals surface area contributed by atoms with E-state index in [0.29, 0.717) is 5.56 Å². The number of halogens is 2. The molecular weight excluding hydrogens is 287 g/mol. The molecule has 2 aromatic carbocycles. The molecule has 3 heteroatoms. The minimum Gasteiger partial charge on any atom is -0.384 e. The van der Waals surface area contributed by atoms with Crippen molar-refractivity contribution in [2.45, 2.75) is 40.7 Å². The molecule has 1 unspecified atom stereocenters. The van der Waals surface area contributed by atoms with Crippen molar-refractivity contribution in [2.24, 2.45) is 0 Å². The third-order valence-corrected chi connectivity index (χ3v) is 4.90. The lowest BCUT2D eigenvalue weighted by Gasteiger charge is -2.23. The number of aliphatic hydroxyl groups excluding tert-OH is 1. The summed E-state index contributed by atoms with van der Waals surface area (Å²) in [6.45, 7) is 10.2. The van der Waals surface area contributed by atoms with Gasteiger partial charge in [0.25, 0.3) is 0 Å². The molecule has 0 bridgehead atoms. The molecule has 0 radical (unpaired) electrons. The molecule has 0 spiro atoms. The van der Waals surface area contributed by atoms with Crippen LogP contribution in [0.25, 0.3) is 0 Å². The first kappa shape index (κ1) is 16.0. The highest BCUT2D eigenvalue weighted by Gasteiger charge is 2.20. The molecule has 1 nitrogen and oxygen atoms in total. The summed E-state index contributed by atoms with van der Waals surface area (Å²) in [5.41, 5.74) is 7.06. The predicted octanol–water partition coefficient (Wildman–Crippen LogP) is 5.10. The van der Waals surface area contributed by atoms with Crippen LogP contribution in [-0.4, -0.2) is 5.11 Å². The molecule has 2 rings (SSSR count). The van der Waals surface area contributed by atoms with Gasteiger partial charge in [0.1, 0.15) is 11.9 Å². The molecule has 0 aliphatic heterocycles. The number of benzene rings is 2. The molecule has 0 saturated carbocycles. The molecule has 0 aliphatic carbocycles. The number of rotatable bonds is 2. The lowest BCUT2D eigenvalue weighted by molar-refractivity contribution is 0.218. The zero-order valence-corrected chi connectivity index (χ0v) is 13.8. The zero-order valence-electron chi connectivity index (χ0n) is 13.0. The van der Waals surface area contributed by atoms with Crippen LogP contribution in [0.4, 0.5) is 4.39 Å². The van der Waals surface area contributed by atoms with E-state index in [-0.39, 0.29) is 5.02 Å². The van der Waals surface area contributed by atoms with Crippen molar-refractivity contribution in [1.82, 2.24) is 0 Å². The maximum atomic E-state index is 13.6. The van der Waals surface area contributed by atoms with Gasteiger partial charge in [-0.3, -0.25) is 0 Å². The van der Waals surface area contributed by atoms with E-state index in [1.165, 1.54) is 28.8 Å². The summed E-state index contributed by atoms with van der Waals surface area (Å²) in [6.07, 6.45) is -0.852. The molecule has 0 heterocycles. The summed E-state index contributed by atoms with van der Waals surface area (Å²) in [6, 6.07) is 4.45. The second-order valence-corrected chi connectivity index (χ2v) is 6.02. The van der Waals surface area contributed by atoms with Gasteiger partial charge in [0.05, 0.1) is 5.02 Å². The SMILES string of the molecule is Cc1c(C)c(C)c(C(O)c2ccc(Cl)c(F)c2)c(C)c1C. The van der Waals surface area contributed by atoms with E-state index in [4.69, 9.17) is 11.6 Å². The lowest BCUT2D eigenvalue weighted by atomic mass is 9.85. The zero-order chi connectivity index (χ0) is 15.9. The van der Waals surface area contributed by atoms with E-state index in [2.05, 4.69) is 20.8 Å². The smallest absolute Gasteiger partial charge is 0.142 e. The summed E-state index contributed by atoms with van der Waals surface area (Å²) in [7, 11) is 0. The molecule has 0 saturated heterocycles. The predicted molar refractivity (Wildman–Crippen MR) is 85.6 cm³/mol. The van der Waals surface area contributed by atoms with E-state index in [1.54, 1.807) is 6.07 Å². The maximum Gasteiger partial charge on any atom is 0.142 e. The normalized spacial score (nSPS) is 12.6. The van der Waals surface area contributed by atoms with E-state index in [1.807, 2.05) is 13.8 Å². The Morgan fingerprint density at radius 3 is 1.86 bits per heavy atom. The largest absolute Gasteiger partial charge is 0.384 e. The fourth-order valence-electron chi connectivity index (χ4n) is 2.79. The van der Waals surface area contributed by atoms with Gasteiger partial charge < -0.3 is 5.11 Å². The number of hydrogen-bond acceptors (Lipinski definition) is 1. The molecule has 0 fully saturated rings. The molecule has 0 amide bonds. The van der Waals surface area contributed by atoms with Crippen LogP contribution in [0.15, 0.2) is 18.2 Å². The molecule has 0 aromatic heterocycles. The second kappa shape index (κ2) is 5.78. The Balaban J connectivity index is 2.63. The Hall–Kier alpha value is -1.38. The fraction of sp³-hybridized carbons (Fsp3) is 0.333. The van der Waals surface area contributed by atoms with E-state index in [0.717, 1.165) is 16.7 Å². The van der Waals surface area contributed by atoms with Crippen LogP contribution >= 0.6 is 11.6 Å². The first-order chi connectivity index (χ1) is 9.75. The molecule has 1 N–H and O–H groups in total. The Bertz CT molecular complexity index is 678. The minimum absolute atomic E-state index is 0.0654. The van der Waals surface area contributed by atoms with Crippen molar-refractivity contribution in [3.63, 3.8) is 0 Å². The van der Waals surface area contributed by atoms with Crippen LogP contribution in [0.1, 0.15) is 45.0 Å². The van der Waals surface area contributed by atoms with Crippen molar-refractivity contribution >= 4 is 11.6 Å². The standard InChI is InChI=1S/C18H20ClFO/c1-9-10(2)12(4)17(13(5)11(9)3)18(21)14-6-7-15(19)16(20)8-14/h6-8,18,21H,1-5H3. The maximum absolute atomic E-state index is 13.6. The third kappa shape index (κ3) is 2.70. The van der Waals surface area contributed by atoms with Gasteiger partial charge in [-0.25, -0.2) is 4.39 Å². The highest BCUT2D eigenvalue weighted by atomic mass is 35.5. The summed E-state index contributed by atoms with van der Waals surface area (Å²) in [4.78, 5) is 0. The highest BCUT2D eigenvalue weighted by Crippen LogP contribution is 2.34. The molecule has 2 aromatic rings. The monoisotopic (exact) mass is 306 g/mol. The van der Waals surface area contributed by atoms with Crippen molar-refractivity contribution in [1.29, 1.82) is 0 Å². The van der Waals surface area contributed by atoms with Gasteiger partial charge in [-0.05, 0) is 85.7 Å². The molecule has 1 atom stereocenters. The Morgan fingerprint density at radius 1 is 0.905 bits per heavy atom. The average Bonchev–Trinajstić information content (AvgIpc) is 2.46. The first-order valence-corrected chi connectivity index (χ1v) is 7.33. The van der Waals surface area contributed by atoms with Crippen molar-refractivity contribution in [3.8, 4) is 0 Å². The van der Waals surface area contributed by atoms with Crippen molar-refractivity contribution < 1.29 is 9.50 Å². The van der Waals surface area contributed by atoms with E-state index >= 15 is 0 Å². The van der Waals surface area contributed by atoms with Crippen LogP contribution in [0.5, 0.6) is 0 Å². The highest BCUT2D eigenvalue weighted by molar-refractivity contribution is 6.30. The van der Waals surface area contributed by atoms with Crippen LogP contribution in [-0.2, 0) is 0 Å².